The molecule has 0 saturated carbocycles. The molecule has 24 heavy (non-hydrogen) atoms. The number of hydrogen-bond donors (Lipinski definition) is 0. The first-order valence-corrected chi connectivity index (χ1v) is 8.51. The molecule has 0 radical (unpaired) electrons. The molecule has 1 aliphatic rings. The zero-order chi connectivity index (χ0) is 17.5. The molecule has 128 valence electrons. The van der Waals surface area contributed by atoms with Gasteiger partial charge in [-0.2, -0.15) is 0 Å². The molecule has 0 amide bonds. The van der Waals surface area contributed by atoms with Crippen LogP contribution < -0.4 is 0 Å². The number of rotatable bonds is 3. The summed E-state index contributed by atoms with van der Waals surface area (Å²) in [6.07, 6.45) is 3.53. The molecule has 4 heteroatoms. The molecule has 0 saturated heterocycles. The van der Waals surface area contributed by atoms with Crippen molar-refractivity contribution in [1.29, 1.82) is 0 Å². The van der Waals surface area contributed by atoms with Crippen LogP contribution in [0.25, 0.3) is 10.9 Å². The SMILES string of the molecule is CC(C)CC1(C)CC(C)(C)OC(c2cnc3c(F)cccc3c2)=N1. The Hall–Kier alpha value is -1.97. The van der Waals surface area contributed by atoms with Crippen LogP contribution in [0, 0.1) is 11.7 Å². The summed E-state index contributed by atoms with van der Waals surface area (Å²) in [6, 6.07) is 6.88. The number of halogens is 1. The van der Waals surface area contributed by atoms with Gasteiger partial charge in [0.2, 0.25) is 5.90 Å². The molecule has 0 aliphatic carbocycles. The van der Waals surface area contributed by atoms with Crippen LogP contribution in [0.5, 0.6) is 0 Å². The third-order valence-corrected chi connectivity index (χ3v) is 4.31. The minimum atomic E-state index is -0.310. The molecule has 0 bridgehead atoms. The van der Waals surface area contributed by atoms with Crippen molar-refractivity contribution in [3.05, 3.63) is 41.8 Å². The Morgan fingerprint density at radius 2 is 2.00 bits per heavy atom. The second-order valence-corrected chi connectivity index (χ2v) is 8.09. The molecule has 0 fully saturated rings. The third kappa shape index (κ3) is 3.42. The first kappa shape index (κ1) is 16.9. The zero-order valence-electron chi connectivity index (χ0n) is 15.1. The van der Waals surface area contributed by atoms with Crippen LogP contribution >= 0.6 is 0 Å². The molecule has 1 atom stereocenters. The van der Waals surface area contributed by atoms with Gasteiger partial charge in [-0.1, -0.05) is 26.0 Å². The fourth-order valence-corrected chi connectivity index (χ4v) is 3.88. The van der Waals surface area contributed by atoms with E-state index in [9.17, 15) is 4.39 Å². The molecule has 1 aromatic carbocycles. The highest BCUT2D eigenvalue weighted by atomic mass is 19.1. The molecule has 3 rings (SSSR count). The highest BCUT2D eigenvalue weighted by Gasteiger charge is 2.39. The van der Waals surface area contributed by atoms with Gasteiger partial charge in [0, 0.05) is 18.0 Å². The number of aromatic nitrogens is 1. The van der Waals surface area contributed by atoms with Crippen molar-refractivity contribution < 1.29 is 9.13 Å². The van der Waals surface area contributed by atoms with E-state index in [0.717, 1.165) is 23.8 Å². The van der Waals surface area contributed by atoms with Crippen molar-refractivity contribution in [1.82, 2.24) is 4.98 Å². The Morgan fingerprint density at radius 3 is 2.71 bits per heavy atom. The molecule has 1 aliphatic heterocycles. The summed E-state index contributed by atoms with van der Waals surface area (Å²) in [5, 5.41) is 0.757. The minimum Gasteiger partial charge on any atom is -0.471 e. The summed E-state index contributed by atoms with van der Waals surface area (Å²) in [6.45, 7) is 10.8. The predicted molar refractivity (Wildman–Crippen MR) is 95.9 cm³/mol. The lowest BCUT2D eigenvalue weighted by molar-refractivity contribution is 0.0379. The molecule has 0 N–H and O–H groups in total. The molecular formula is C20H25FN2O. The maximum Gasteiger partial charge on any atom is 0.218 e. The summed E-state index contributed by atoms with van der Waals surface area (Å²) in [5.41, 5.74) is 0.720. The van der Waals surface area contributed by atoms with Crippen molar-refractivity contribution in [3.8, 4) is 0 Å². The van der Waals surface area contributed by atoms with Gasteiger partial charge in [0.05, 0.1) is 11.1 Å². The predicted octanol–water partition coefficient (Wildman–Crippen LogP) is 5.12. The van der Waals surface area contributed by atoms with E-state index >= 15 is 0 Å². The average Bonchev–Trinajstić information content (AvgIpc) is 2.43. The Balaban J connectivity index is 2.06. The lowest BCUT2D eigenvalue weighted by Crippen LogP contribution is -2.44. The van der Waals surface area contributed by atoms with Gasteiger partial charge in [0.1, 0.15) is 16.9 Å². The Morgan fingerprint density at radius 1 is 1.25 bits per heavy atom. The van der Waals surface area contributed by atoms with E-state index in [4.69, 9.17) is 9.73 Å². The topological polar surface area (TPSA) is 34.5 Å². The van der Waals surface area contributed by atoms with Crippen LogP contribution in [0.3, 0.4) is 0 Å². The maximum absolute atomic E-state index is 13.8. The van der Waals surface area contributed by atoms with Crippen molar-refractivity contribution in [3.63, 3.8) is 0 Å². The van der Waals surface area contributed by atoms with E-state index in [1.165, 1.54) is 6.07 Å². The first-order valence-electron chi connectivity index (χ1n) is 8.51. The molecule has 2 aromatic rings. The monoisotopic (exact) mass is 328 g/mol. The van der Waals surface area contributed by atoms with Crippen LogP contribution in [0.1, 0.15) is 53.0 Å². The Bertz CT molecular complexity index is 797. The largest absolute Gasteiger partial charge is 0.471 e. The number of aliphatic imine (C=N–C) groups is 1. The van der Waals surface area contributed by atoms with Crippen molar-refractivity contribution >= 4 is 16.8 Å². The normalized spacial score (nSPS) is 23.2. The van der Waals surface area contributed by atoms with Crippen molar-refractivity contribution in [2.45, 2.75) is 58.6 Å². The van der Waals surface area contributed by atoms with Crippen LogP contribution in [-0.4, -0.2) is 22.0 Å². The number of pyridine rings is 1. The summed E-state index contributed by atoms with van der Waals surface area (Å²) in [4.78, 5) is 9.19. The number of benzene rings is 1. The van der Waals surface area contributed by atoms with E-state index < -0.39 is 0 Å². The number of fused-ring (bicyclic) bond motifs is 1. The van der Waals surface area contributed by atoms with E-state index in [-0.39, 0.29) is 17.0 Å². The van der Waals surface area contributed by atoms with Gasteiger partial charge >= 0.3 is 0 Å². The van der Waals surface area contributed by atoms with Gasteiger partial charge in [0.25, 0.3) is 0 Å². The van der Waals surface area contributed by atoms with Crippen LogP contribution in [0.15, 0.2) is 35.5 Å². The summed E-state index contributed by atoms with van der Waals surface area (Å²) in [7, 11) is 0. The fourth-order valence-electron chi connectivity index (χ4n) is 3.88. The highest BCUT2D eigenvalue weighted by Crippen LogP contribution is 2.37. The van der Waals surface area contributed by atoms with Gasteiger partial charge in [-0.3, -0.25) is 4.98 Å². The zero-order valence-corrected chi connectivity index (χ0v) is 15.1. The number of nitrogens with zero attached hydrogens (tertiary/aromatic N) is 2. The van der Waals surface area contributed by atoms with E-state index in [1.54, 1.807) is 12.3 Å². The number of hydrogen-bond acceptors (Lipinski definition) is 3. The van der Waals surface area contributed by atoms with Crippen LogP contribution in [0.2, 0.25) is 0 Å². The van der Waals surface area contributed by atoms with Gasteiger partial charge in [-0.15, -0.1) is 0 Å². The maximum atomic E-state index is 13.8. The van der Waals surface area contributed by atoms with Gasteiger partial charge in [-0.25, -0.2) is 9.38 Å². The van der Waals surface area contributed by atoms with Gasteiger partial charge in [-0.05, 0) is 45.2 Å². The second-order valence-electron chi connectivity index (χ2n) is 8.09. The molecule has 1 aromatic heterocycles. The quantitative estimate of drug-likeness (QED) is 0.783. The summed E-state index contributed by atoms with van der Waals surface area (Å²) < 4.78 is 20.0. The van der Waals surface area contributed by atoms with E-state index in [0.29, 0.717) is 17.3 Å². The third-order valence-electron chi connectivity index (χ3n) is 4.31. The lowest BCUT2D eigenvalue weighted by Gasteiger charge is -2.41. The van der Waals surface area contributed by atoms with Crippen LogP contribution in [-0.2, 0) is 4.74 Å². The summed E-state index contributed by atoms with van der Waals surface area (Å²) in [5.74, 6) is 0.848. The molecular weight excluding hydrogens is 303 g/mol. The lowest BCUT2D eigenvalue weighted by atomic mass is 9.81. The van der Waals surface area contributed by atoms with Crippen LogP contribution in [0.4, 0.5) is 4.39 Å². The van der Waals surface area contributed by atoms with Gasteiger partial charge in [0.15, 0.2) is 0 Å². The average molecular weight is 328 g/mol. The van der Waals surface area contributed by atoms with Crippen molar-refractivity contribution in [2.75, 3.05) is 0 Å². The fraction of sp³-hybridized carbons (Fsp3) is 0.500. The second kappa shape index (κ2) is 5.83. The first-order chi connectivity index (χ1) is 11.2. The van der Waals surface area contributed by atoms with E-state index in [2.05, 4.69) is 39.6 Å². The Labute approximate surface area is 143 Å². The molecule has 2 heterocycles. The molecule has 3 nitrogen and oxygen atoms in total. The standard InChI is InChI=1S/C20H25FN2O/c1-13(2)10-20(5)12-19(3,4)24-18(23-20)15-9-14-7-6-8-16(21)17(14)22-11-15/h6-9,11,13H,10,12H2,1-5H3. The highest BCUT2D eigenvalue weighted by molar-refractivity contribution is 5.98. The Kier molecular flexibility index (Phi) is 4.10. The minimum absolute atomic E-state index is 0.165. The number of ether oxygens (including phenoxy) is 1. The smallest absolute Gasteiger partial charge is 0.218 e. The van der Waals surface area contributed by atoms with Gasteiger partial charge < -0.3 is 4.74 Å². The molecule has 1 unspecified atom stereocenters. The van der Waals surface area contributed by atoms with E-state index in [1.807, 2.05) is 12.1 Å². The molecule has 0 spiro atoms. The van der Waals surface area contributed by atoms with Crippen molar-refractivity contribution in [2.24, 2.45) is 10.9 Å². The summed E-state index contributed by atoms with van der Waals surface area (Å²) >= 11 is 0. The number of para-hydroxylation sites is 1.